The van der Waals surface area contributed by atoms with Gasteiger partial charge in [0.1, 0.15) is 30.4 Å². The monoisotopic (exact) mass is 1720 g/mol. The number of quaternary nitrogens is 3. The number of hydrogen-bond donors (Lipinski definition) is 2. The van der Waals surface area contributed by atoms with Crippen LogP contribution < -0.4 is 21.0 Å². The quantitative estimate of drug-likeness (QED) is 0.0204. The van der Waals surface area contributed by atoms with Gasteiger partial charge in [-0.05, 0) is 194 Å². The van der Waals surface area contributed by atoms with Crippen molar-refractivity contribution in [2.75, 3.05) is 90.4 Å². The van der Waals surface area contributed by atoms with Gasteiger partial charge in [-0.2, -0.15) is 0 Å². The fraction of sp³-hybridized carbons (Fsp3) is 0.526. The second-order valence-electron chi connectivity index (χ2n) is 31.9. The van der Waals surface area contributed by atoms with E-state index in [4.69, 9.17) is 25.7 Å². The summed E-state index contributed by atoms with van der Waals surface area (Å²) in [6, 6.07) is 29.9. The normalized spacial score (nSPS) is 12.3. The number of carbonyl (C=O) groups is 1. The minimum absolute atomic E-state index is 0. The molecule has 23 heteroatoms. The SMILES string of the molecule is CCCC[N+](CCCC)(CCCC)CCCC.CCCC[N+](CCCC)(CCCC)CCCC.CCCC[N+](CCCC)(CCCC)CCCC.NCCC(=O)Nc1ccc(-c2c3nc(c(-c4ccc(S(=O)(=O)[O-])cc4)c4ccc([n-]4)c(-c4ccc(S(=O)(=O)[O-])cc4)c4nc(c(-c5ccc(S(=O)(=O)[O-])cc5)c5ccc2[n-]5)C=C4)C=C3)cc1.[Fe+2]. The van der Waals surface area contributed by atoms with Gasteiger partial charge in [-0.3, -0.25) is 4.79 Å². The van der Waals surface area contributed by atoms with Crippen molar-refractivity contribution < 1.29 is 74.2 Å². The molecule has 0 saturated heterocycles. The molecule has 0 radical (unpaired) electrons. The number of anilines is 1. The molecule has 2 aliphatic heterocycles. The fourth-order valence-corrected chi connectivity index (χ4v) is 17.1. The maximum absolute atomic E-state index is 12.4. The van der Waals surface area contributed by atoms with Crippen LogP contribution in [-0.2, 0) is 52.2 Å². The van der Waals surface area contributed by atoms with Crippen LogP contribution in [0.15, 0.2) is 136 Å². The Kier molecular flexibility index (Phi) is 44.5. The number of benzene rings is 4. The van der Waals surface area contributed by atoms with Crippen molar-refractivity contribution in [3.63, 3.8) is 0 Å². The van der Waals surface area contributed by atoms with Crippen LogP contribution in [0, 0.1) is 0 Å². The Morgan fingerprint density at radius 2 is 0.508 bits per heavy atom. The third-order valence-corrected chi connectivity index (χ3v) is 25.1. The van der Waals surface area contributed by atoms with Gasteiger partial charge >= 0.3 is 17.1 Å². The molecule has 2 aliphatic rings. The average molecular weight is 1720 g/mol. The summed E-state index contributed by atoms with van der Waals surface area (Å²) in [7, 11) is -14.4. The van der Waals surface area contributed by atoms with Gasteiger partial charge in [0.05, 0.1) is 116 Å². The fourth-order valence-electron chi connectivity index (χ4n) is 15.6. The van der Waals surface area contributed by atoms with Gasteiger partial charge in [0.2, 0.25) is 5.91 Å². The number of nitrogens with one attached hydrogen (secondary N) is 1. The van der Waals surface area contributed by atoms with Gasteiger partial charge in [0, 0.05) is 18.7 Å². The topological polar surface area (TPSA) is 281 Å². The van der Waals surface area contributed by atoms with Crippen LogP contribution >= 0.6 is 0 Å². The summed E-state index contributed by atoms with van der Waals surface area (Å²) in [5.41, 5.74) is 13.1. The average Bonchev–Trinajstić information content (AvgIpc) is 1.61. The molecule has 7 aromatic rings. The first-order chi connectivity index (χ1) is 56.2. The molecule has 5 heterocycles. The molecular weight excluding hydrogens is 1580 g/mol. The molecule has 4 aromatic carbocycles. The zero-order valence-electron chi connectivity index (χ0n) is 73.1. The number of fused-ring (bicyclic) bond motifs is 8. The molecular formula is C95H139FeN9O10S3. The van der Waals surface area contributed by atoms with Crippen molar-refractivity contribution in [1.29, 1.82) is 0 Å². The number of amides is 1. The largest absolute Gasteiger partial charge is 2.00 e. The van der Waals surface area contributed by atoms with Crippen molar-refractivity contribution in [2.24, 2.45) is 5.73 Å². The maximum atomic E-state index is 12.4. The molecule has 8 bridgehead atoms. The number of nitrogens with two attached hydrogens (primary N) is 1. The summed E-state index contributed by atoms with van der Waals surface area (Å²) in [5, 5.41) is 2.82. The van der Waals surface area contributed by atoms with E-state index in [1.54, 1.807) is 72.8 Å². The van der Waals surface area contributed by atoms with Crippen LogP contribution in [0.5, 0.6) is 0 Å². The number of carbonyl (C=O) groups excluding carboxylic acids is 1. The predicted octanol–water partition coefficient (Wildman–Crippen LogP) is 21.6. The molecule has 0 atom stereocenters. The van der Waals surface area contributed by atoms with Crippen LogP contribution in [0.25, 0.3) is 90.9 Å². The Hall–Kier alpha value is -6.96. The van der Waals surface area contributed by atoms with Gasteiger partial charge in [0.15, 0.2) is 0 Å². The third-order valence-electron chi connectivity index (χ3n) is 22.6. The molecule has 3 aromatic heterocycles. The summed E-state index contributed by atoms with van der Waals surface area (Å²) >= 11 is 0. The Morgan fingerprint density at radius 3 is 0.678 bits per heavy atom. The van der Waals surface area contributed by atoms with Crippen LogP contribution in [0.2, 0.25) is 0 Å². The molecule has 0 spiro atoms. The van der Waals surface area contributed by atoms with Crippen LogP contribution in [0.1, 0.15) is 266 Å². The van der Waals surface area contributed by atoms with E-state index in [1.165, 1.54) is 319 Å². The minimum Gasteiger partial charge on any atom is -0.744 e. The van der Waals surface area contributed by atoms with E-state index in [2.05, 4.69) is 88.4 Å². The second-order valence-corrected chi connectivity index (χ2v) is 36.1. The van der Waals surface area contributed by atoms with Gasteiger partial charge in [0.25, 0.3) is 0 Å². The summed E-state index contributed by atoms with van der Waals surface area (Å²) in [5.74, 6) is -0.258. The molecule has 0 fully saturated rings. The van der Waals surface area contributed by atoms with Gasteiger partial charge in [-0.1, -0.05) is 233 Å². The first-order valence-corrected chi connectivity index (χ1v) is 48.3. The van der Waals surface area contributed by atoms with E-state index >= 15 is 0 Å². The summed E-state index contributed by atoms with van der Waals surface area (Å²) in [6.45, 7) is 45.2. The third kappa shape index (κ3) is 31.2. The first kappa shape index (κ1) is 102. The van der Waals surface area contributed by atoms with Crippen molar-refractivity contribution in [3.8, 4) is 44.5 Å². The molecule has 3 N–H and O–H groups in total. The zero-order valence-corrected chi connectivity index (χ0v) is 76.6. The van der Waals surface area contributed by atoms with Crippen LogP contribution in [-0.4, -0.2) is 153 Å². The number of aromatic nitrogens is 4. The van der Waals surface area contributed by atoms with E-state index in [0.717, 1.165) is 0 Å². The second kappa shape index (κ2) is 51.7. The maximum Gasteiger partial charge on any atom is 2.00 e. The standard InChI is InChI=1S/C47H35N6O10S3.3C16H36N.Fe/c48-26-25-43(54)49-31-9-1-27(2-10-31)44-35-17-19-37(50-35)45(28-3-11-32(12-4-28)64(55,56)57)39-21-23-41(52-39)47(30-7-15-34(16-8-30)66(61,62)63)42-24-22-40(53-42)46(38-20-18-36(44)51-38)29-5-13-33(14-6-29)65(58,59)60;3*1-5-9-13-17(14-10-6-2,15-11-7-3)16-12-8-4;/h1-24H,25-26,48H2,(H5-,49,50,51,52,53,54,55,56,57,58,59,60,61,62,63);3*5-16H2,1-4H3;/q-1;3*+1;+2/p-4. The summed E-state index contributed by atoms with van der Waals surface area (Å²) in [4.78, 5) is 31.3. The van der Waals surface area contributed by atoms with Crippen molar-refractivity contribution in [1.82, 2.24) is 19.9 Å². The Balaban J connectivity index is 0.000000386. The minimum atomic E-state index is -4.80. The molecule has 19 nitrogen and oxygen atoms in total. The number of nitrogens with zero attached hydrogens (tertiary/aromatic N) is 7. The Bertz CT molecular complexity index is 4490. The van der Waals surface area contributed by atoms with Crippen molar-refractivity contribution in [2.45, 2.75) is 258 Å². The van der Waals surface area contributed by atoms with Crippen molar-refractivity contribution >= 4 is 88.3 Å². The molecule has 0 aliphatic carbocycles. The molecule has 9 rings (SSSR count). The molecule has 1 amide bonds. The Labute approximate surface area is 720 Å². The van der Waals surface area contributed by atoms with Gasteiger partial charge < -0.3 is 48.1 Å². The smallest absolute Gasteiger partial charge is 0.744 e. The van der Waals surface area contributed by atoms with E-state index in [9.17, 15) is 43.7 Å². The number of rotatable bonds is 46. The molecule has 118 heavy (non-hydrogen) atoms. The van der Waals surface area contributed by atoms with E-state index in [0.29, 0.717) is 95.0 Å². The predicted molar refractivity (Wildman–Crippen MR) is 483 cm³/mol. The first-order valence-electron chi connectivity index (χ1n) is 44.1. The van der Waals surface area contributed by atoms with Gasteiger partial charge in [-0.25, -0.2) is 35.2 Å². The van der Waals surface area contributed by atoms with E-state index in [-0.39, 0.29) is 35.9 Å². The van der Waals surface area contributed by atoms with E-state index < -0.39 is 45.0 Å². The Morgan fingerprint density at radius 1 is 0.322 bits per heavy atom. The van der Waals surface area contributed by atoms with E-state index in [1.807, 2.05) is 0 Å². The molecule has 0 saturated carbocycles. The number of hydrogen-bond acceptors (Lipinski definition) is 13. The van der Waals surface area contributed by atoms with Crippen molar-refractivity contribution in [3.05, 3.63) is 144 Å². The zero-order chi connectivity index (χ0) is 85.5. The molecule has 650 valence electrons. The molecule has 0 unspecified atom stereocenters. The number of unbranched alkanes of at least 4 members (excludes halogenated alkanes) is 12. The summed E-state index contributed by atoms with van der Waals surface area (Å²) < 4.78 is 112. The van der Waals surface area contributed by atoms with Crippen LogP contribution in [0.4, 0.5) is 5.69 Å². The summed E-state index contributed by atoms with van der Waals surface area (Å²) in [6.07, 6.45) is 40.3. The van der Waals surface area contributed by atoms with Gasteiger partial charge in [-0.15, -0.1) is 22.1 Å². The van der Waals surface area contributed by atoms with Crippen LogP contribution in [0.3, 0.4) is 0 Å².